The highest BCUT2D eigenvalue weighted by Crippen LogP contribution is 2.20. The third-order valence-electron chi connectivity index (χ3n) is 4.03. The second-order valence-corrected chi connectivity index (χ2v) is 6.03. The molecule has 2 aromatic heterocycles. The first kappa shape index (κ1) is 16.4. The number of ether oxygens (including phenoxy) is 1. The standard InChI is InChI=1S/C17H24N6O/c1-4-24-16-10-15(18-11-19-16)22-14-5-7-23(8-6-14)17-20-12(2)9-13(3)21-17/h9-11,14H,4-8H2,1-3H3,(H,18,19,22). The summed E-state index contributed by atoms with van der Waals surface area (Å²) in [5.74, 6) is 2.26. The maximum atomic E-state index is 5.42. The minimum absolute atomic E-state index is 0.386. The Morgan fingerprint density at radius 2 is 1.83 bits per heavy atom. The predicted octanol–water partition coefficient (Wildman–Crippen LogP) is 2.36. The van der Waals surface area contributed by atoms with Gasteiger partial charge in [-0.2, -0.15) is 0 Å². The van der Waals surface area contributed by atoms with E-state index in [1.54, 1.807) is 0 Å². The zero-order valence-corrected chi connectivity index (χ0v) is 14.5. The number of nitrogens with one attached hydrogen (secondary N) is 1. The first-order valence-corrected chi connectivity index (χ1v) is 8.42. The second kappa shape index (κ2) is 7.42. The summed E-state index contributed by atoms with van der Waals surface area (Å²) in [6.45, 7) is 8.44. The number of anilines is 2. The van der Waals surface area contributed by atoms with Gasteiger partial charge in [0.15, 0.2) is 0 Å². The van der Waals surface area contributed by atoms with E-state index < -0.39 is 0 Å². The van der Waals surface area contributed by atoms with Gasteiger partial charge in [-0.15, -0.1) is 0 Å². The molecule has 7 heteroatoms. The Kier molecular flexibility index (Phi) is 5.08. The zero-order valence-electron chi connectivity index (χ0n) is 14.5. The molecule has 1 aliphatic rings. The molecule has 3 heterocycles. The van der Waals surface area contributed by atoms with Crippen molar-refractivity contribution >= 4 is 11.8 Å². The van der Waals surface area contributed by atoms with Crippen LogP contribution >= 0.6 is 0 Å². The first-order valence-electron chi connectivity index (χ1n) is 8.42. The summed E-state index contributed by atoms with van der Waals surface area (Å²) in [7, 11) is 0. The molecule has 3 rings (SSSR count). The maximum Gasteiger partial charge on any atom is 0.225 e. The number of aromatic nitrogens is 4. The van der Waals surface area contributed by atoms with Crippen molar-refractivity contribution in [2.75, 3.05) is 29.9 Å². The van der Waals surface area contributed by atoms with E-state index in [2.05, 4.69) is 30.2 Å². The Balaban J connectivity index is 1.58. The summed E-state index contributed by atoms with van der Waals surface area (Å²) in [4.78, 5) is 19.7. The molecule has 24 heavy (non-hydrogen) atoms. The van der Waals surface area contributed by atoms with Crippen molar-refractivity contribution in [3.8, 4) is 5.88 Å². The van der Waals surface area contributed by atoms with Crippen molar-refractivity contribution in [3.05, 3.63) is 29.8 Å². The molecule has 0 unspecified atom stereocenters. The molecule has 1 N–H and O–H groups in total. The fourth-order valence-corrected chi connectivity index (χ4v) is 2.93. The van der Waals surface area contributed by atoms with Crippen LogP contribution in [0.15, 0.2) is 18.5 Å². The summed E-state index contributed by atoms with van der Waals surface area (Å²) < 4.78 is 5.42. The van der Waals surface area contributed by atoms with Gasteiger partial charge >= 0.3 is 0 Å². The molecule has 0 bridgehead atoms. The number of nitrogens with zero attached hydrogens (tertiary/aromatic N) is 5. The molecule has 2 aromatic rings. The van der Waals surface area contributed by atoms with Gasteiger partial charge in [0, 0.05) is 36.6 Å². The molecule has 0 aromatic carbocycles. The van der Waals surface area contributed by atoms with E-state index in [0.29, 0.717) is 18.5 Å². The molecular weight excluding hydrogens is 304 g/mol. The Hall–Kier alpha value is -2.44. The van der Waals surface area contributed by atoms with Crippen molar-refractivity contribution in [2.45, 2.75) is 39.7 Å². The highest BCUT2D eigenvalue weighted by atomic mass is 16.5. The van der Waals surface area contributed by atoms with Crippen LogP contribution in [-0.2, 0) is 0 Å². The lowest BCUT2D eigenvalue weighted by Gasteiger charge is -2.32. The summed E-state index contributed by atoms with van der Waals surface area (Å²) in [6.07, 6.45) is 3.57. The lowest BCUT2D eigenvalue weighted by molar-refractivity contribution is 0.326. The smallest absolute Gasteiger partial charge is 0.225 e. The zero-order chi connectivity index (χ0) is 16.9. The third kappa shape index (κ3) is 4.10. The van der Waals surface area contributed by atoms with E-state index in [-0.39, 0.29) is 0 Å². The van der Waals surface area contributed by atoms with Crippen molar-refractivity contribution in [1.29, 1.82) is 0 Å². The van der Waals surface area contributed by atoms with Crippen LogP contribution in [-0.4, -0.2) is 45.7 Å². The highest BCUT2D eigenvalue weighted by Gasteiger charge is 2.21. The summed E-state index contributed by atoms with van der Waals surface area (Å²) in [5, 5.41) is 3.48. The molecule has 128 valence electrons. The number of hydrogen-bond acceptors (Lipinski definition) is 7. The van der Waals surface area contributed by atoms with Gasteiger partial charge in [-0.25, -0.2) is 19.9 Å². The van der Waals surface area contributed by atoms with Gasteiger partial charge in [-0.3, -0.25) is 0 Å². The van der Waals surface area contributed by atoms with Crippen molar-refractivity contribution in [2.24, 2.45) is 0 Å². The Bertz CT molecular complexity index is 664. The minimum Gasteiger partial charge on any atom is -0.478 e. The Labute approximate surface area is 142 Å². The monoisotopic (exact) mass is 328 g/mol. The van der Waals surface area contributed by atoms with Crippen LogP contribution in [0, 0.1) is 13.8 Å². The average Bonchev–Trinajstić information content (AvgIpc) is 2.55. The number of rotatable bonds is 5. The van der Waals surface area contributed by atoms with Crippen LogP contribution in [0.4, 0.5) is 11.8 Å². The van der Waals surface area contributed by atoms with Gasteiger partial charge in [0.25, 0.3) is 0 Å². The number of hydrogen-bond donors (Lipinski definition) is 1. The molecule has 1 aliphatic heterocycles. The van der Waals surface area contributed by atoms with Crippen LogP contribution in [0.5, 0.6) is 5.88 Å². The molecule has 0 radical (unpaired) electrons. The molecule has 7 nitrogen and oxygen atoms in total. The molecule has 0 atom stereocenters. The normalized spacial score (nSPS) is 15.4. The minimum atomic E-state index is 0.386. The topological polar surface area (TPSA) is 76.1 Å². The third-order valence-corrected chi connectivity index (χ3v) is 4.03. The summed E-state index contributed by atoms with van der Waals surface area (Å²) in [6, 6.07) is 4.24. The van der Waals surface area contributed by atoms with Gasteiger partial charge in [0.2, 0.25) is 11.8 Å². The SMILES string of the molecule is CCOc1cc(NC2CCN(c3nc(C)cc(C)n3)CC2)ncn1. The van der Waals surface area contributed by atoms with E-state index in [1.165, 1.54) is 6.33 Å². The molecule has 0 saturated carbocycles. The van der Waals surface area contributed by atoms with Gasteiger partial charge < -0.3 is 15.0 Å². The quantitative estimate of drug-likeness (QED) is 0.903. The largest absolute Gasteiger partial charge is 0.478 e. The fraction of sp³-hybridized carbons (Fsp3) is 0.529. The Morgan fingerprint density at radius 1 is 1.12 bits per heavy atom. The van der Waals surface area contributed by atoms with Crippen LogP contribution in [0.2, 0.25) is 0 Å². The molecule has 0 aliphatic carbocycles. The first-order chi connectivity index (χ1) is 11.6. The van der Waals surface area contributed by atoms with E-state index in [1.807, 2.05) is 32.9 Å². The van der Waals surface area contributed by atoms with E-state index in [4.69, 9.17) is 4.74 Å². The van der Waals surface area contributed by atoms with Crippen molar-refractivity contribution < 1.29 is 4.74 Å². The summed E-state index contributed by atoms with van der Waals surface area (Å²) in [5.41, 5.74) is 2.03. The van der Waals surface area contributed by atoms with Crippen molar-refractivity contribution in [1.82, 2.24) is 19.9 Å². The van der Waals surface area contributed by atoms with Crippen molar-refractivity contribution in [3.63, 3.8) is 0 Å². The predicted molar refractivity (Wildman–Crippen MR) is 93.6 cm³/mol. The van der Waals surface area contributed by atoms with E-state index in [0.717, 1.165) is 49.1 Å². The molecular formula is C17H24N6O. The fourth-order valence-electron chi connectivity index (χ4n) is 2.93. The van der Waals surface area contributed by atoms with Crippen LogP contribution in [0.25, 0.3) is 0 Å². The summed E-state index contributed by atoms with van der Waals surface area (Å²) >= 11 is 0. The molecule has 0 amide bonds. The van der Waals surface area contributed by atoms with Gasteiger partial charge in [0.1, 0.15) is 12.1 Å². The van der Waals surface area contributed by atoms with Gasteiger partial charge in [0.05, 0.1) is 6.61 Å². The number of aryl methyl sites for hydroxylation is 2. The van der Waals surface area contributed by atoms with E-state index in [9.17, 15) is 0 Å². The van der Waals surface area contributed by atoms with Gasteiger partial charge in [-0.1, -0.05) is 0 Å². The lowest BCUT2D eigenvalue weighted by atomic mass is 10.1. The second-order valence-electron chi connectivity index (χ2n) is 6.03. The van der Waals surface area contributed by atoms with Crippen LogP contribution in [0.1, 0.15) is 31.2 Å². The molecule has 1 saturated heterocycles. The van der Waals surface area contributed by atoms with E-state index >= 15 is 0 Å². The van der Waals surface area contributed by atoms with Crippen LogP contribution < -0.4 is 15.0 Å². The lowest BCUT2D eigenvalue weighted by Crippen LogP contribution is -2.40. The molecule has 0 spiro atoms. The molecule has 1 fully saturated rings. The highest BCUT2D eigenvalue weighted by molar-refractivity contribution is 5.39. The Morgan fingerprint density at radius 3 is 2.50 bits per heavy atom. The number of piperidine rings is 1. The average molecular weight is 328 g/mol. The van der Waals surface area contributed by atoms with Crippen LogP contribution in [0.3, 0.4) is 0 Å². The van der Waals surface area contributed by atoms with Gasteiger partial charge in [-0.05, 0) is 39.7 Å². The maximum absolute atomic E-state index is 5.42.